The van der Waals surface area contributed by atoms with Crippen LogP contribution in [0.2, 0.25) is 0 Å². The quantitative estimate of drug-likeness (QED) is 0.168. The molecule has 0 radical (unpaired) electrons. The van der Waals surface area contributed by atoms with Crippen LogP contribution in [0.5, 0.6) is 0 Å². The highest BCUT2D eigenvalue weighted by molar-refractivity contribution is 6.25. The Kier molecular flexibility index (Phi) is 5.87. The van der Waals surface area contributed by atoms with Crippen molar-refractivity contribution < 1.29 is 0 Å². The predicted octanol–water partition coefficient (Wildman–Crippen LogP) is 12.7. The fourth-order valence-electron chi connectivity index (χ4n) is 9.68. The minimum absolute atomic E-state index is 0.0403. The number of hydrogen-bond acceptors (Lipinski definition) is 0. The van der Waals surface area contributed by atoms with E-state index < -0.39 is 0 Å². The van der Waals surface area contributed by atoms with Crippen LogP contribution in [-0.2, 0) is 10.8 Å². The van der Waals surface area contributed by atoms with E-state index in [0.29, 0.717) is 11.8 Å². The van der Waals surface area contributed by atoms with E-state index in [1.807, 2.05) is 0 Å². The molecule has 0 fully saturated rings. The zero-order chi connectivity index (χ0) is 33.1. The molecule has 2 unspecified atom stereocenters. The standard InChI is InChI=1S/C48H39N/c1-47(2)40-26-25-30(31-15-9-12-22-44(31)49-45-23-13-10-20-36(45)37-21-11-14-24-46(37)49)27-41(40)48(3,4)43-29-39-35-19-8-6-17-33(35)32-16-5-7-18-34(32)38(39)28-42(43)47/h5-29,40-41H,1-4H3. The van der Waals surface area contributed by atoms with Crippen molar-refractivity contribution in [3.05, 3.63) is 168 Å². The van der Waals surface area contributed by atoms with Crippen LogP contribution in [0.4, 0.5) is 0 Å². The first-order chi connectivity index (χ1) is 23.8. The molecule has 2 atom stereocenters. The second-order valence-corrected chi connectivity index (χ2v) is 15.4. The first kappa shape index (κ1) is 28.6. The third kappa shape index (κ3) is 3.88. The molecule has 1 nitrogen and oxygen atoms in total. The molecule has 0 saturated carbocycles. The Labute approximate surface area is 287 Å². The maximum atomic E-state index is 2.62. The Hall–Kier alpha value is -5.40. The zero-order valence-corrected chi connectivity index (χ0v) is 28.5. The summed E-state index contributed by atoms with van der Waals surface area (Å²) in [6.45, 7) is 9.92. The van der Waals surface area contributed by atoms with Gasteiger partial charge in [-0.15, -0.1) is 0 Å². The third-order valence-electron chi connectivity index (χ3n) is 12.2. The molecule has 236 valence electrons. The molecule has 0 N–H and O–H groups in total. The van der Waals surface area contributed by atoms with Crippen LogP contribution in [0.3, 0.4) is 0 Å². The molecule has 0 bridgehead atoms. The summed E-state index contributed by atoms with van der Waals surface area (Å²) in [7, 11) is 0. The average Bonchev–Trinajstić information content (AvgIpc) is 3.48. The Morgan fingerprint density at radius 1 is 0.449 bits per heavy atom. The zero-order valence-electron chi connectivity index (χ0n) is 28.5. The molecule has 1 heterocycles. The van der Waals surface area contributed by atoms with E-state index in [2.05, 4.69) is 184 Å². The summed E-state index contributed by atoms with van der Waals surface area (Å²) in [5, 5.41) is 10.7. The first-order valence-electron chi connectivity index (χ1n) is 17.7. The second kappa shape index (κ2) is 10.1. The minimum atomic E-state index is -0.0751. The average molecular weight is 630 g/mol. The molecule has 1 aromatic heterocycles. The van der Waals surface area contributed by atoms with Crippen molar-refractivity contribution in [3.63, 3.8) is 0 Å². The summed E-state index contributed by atoms with van der Waals surface area (Å²) in [5.41, 5.74) is 9.15. The van der Waals surface area contributed by atoms with Gasteiger partial charge in [0.05, 0.1) is 16.7 Å². The first-order valence-corrected chi connectivity index (χ1v) is 17.7. The SMILES string of the molecule is CC1(C)c2cc3c4ccccc4c4ccccc4c3cc2C(C)(C)C2C=C(c3ccccc3-n3c4ccccc4c4ccccc43)C=CC21. The van der Waals surface area contributed by atoms with Crippen molar-refractivity contribution in [2.45, 2.75) is 38.5 Å². The molecule has 0 spiro atoms. The summed E-state index contributed by atoms with van der Waals surface area (Å²) in [6, 6.07) is 49.7. The molecule has 8 aromatic rings. The van der Waals surface area contributed by atoms with Gasteiger partial charge in [-0.3, -0.25) is 0 Å². The maximum Gasteiger partial charge on any atom is 0.0541 e. The lowest BCUT2D eigenvalue weighted by Gasteiger charge is -2.53. The van der Waals surface area contributed by atoms with E-state index in [9.17, 15) is 0 Å². The molecule has 49 heavy (non-hydrogen) atoms. The van der Waals surface area contributed by atoms with Crippen LogP contribution in [0.1, 0.15) is 44.4 Å². The highest BCUT2D eigenvalue weighted by Crippen LogP contribution is 2.57. The molecule has 10 rings (SSSR count). The fourth-order valence-corrected chi connectivity index (χ4v) is 9.68. The summed E-state index contributed by atoms with van der Waals surface area (Å²) >= 11 is 0. The maximum absolute atomic E-state index is 2.62. The summed E-state index contributed by atoms with van der Waals surface area (Å²) < 4.78 is 2.47. The van der Waals surface area contributed by atoms with Crippen LogP contribution >= 0.6 is 0 Å². The van der Waals surface area contributed by atoms with E-state index in [0.717, 1.165) is 0 Å². The smallest absolute Gasteiger partial charge is 0.0541 e. The summed E-state index contributed by atoms with van der Waals surface area (Å²) in [6.07, 6.45) is 7.57. The Balaban J connectivity index is 1.19. The van der Waals surface area contributed by atoms with Gasteiger partial charge in [-0.25, -0.2) is 0 Å². The van der Waals surface area contributed by atoms with Gasteiger partial charge in [-0.05, 0) is 102 Å². The van der Waals surface area contributed by atoms with Gasteiger partial charge in [-0.2, -0.15) is 0 Å². The van der Waals surface area contributed by atoms with Gasteiger partial charge in [0.15, 0.2) is 0 Å². The van der Waals surface area contributed by atoms with Crippen LogP contribution in [0.15, 0.2) is 152 Å². The predicted molar refractivity (Wildman–Crippen MR) is 210 cm³/mol. The number of fused-ring (bicyclic) bond motifs is 11. The van der Waals surface area contributed by atoms with Crippen molar-refractivity contribution in [1.82, 2.24) is 4.57 Å². The third-order valence-corrected chi connectivity index (χ3v) is 12.2. The lowest BCUT2D eigenvalue weighted by atomic mass is 9.51. The summed E-state index contributed by atoms with van der Waals surface area (Å²) in [5.74, 6) is 0.716. The molecule has 2 aliphatic rings. The van der Waals surface area contributed by atoms with Crippen LogP contribution in [0, 0.1) is 11.8 Å². The van der Waals surface area contributed by atoms with Crippen molar-refractivity contribution >= 4 is 59.7 Å². The number of rotatable bonds is 2. The monoisotopic (exact) mass is 629 g/mol. The highest BCUT2D eigenvalue weighted by atomic mass is 15.0. The Morgan fingerprint density at radius 2 is 0.878 bits per heavy atom. The van der Waals surface area contributed by atoms with E-state index in [1.54, 1.807) is 0 Å². The largest absolute Gasteiger partial charge is 0.309 e. The van der Waals surface area contributed by atoms with Crippen LogP contribution in [0.25, 0.3) is 65.4 Å². The van der Waals surface area contributed by atoms with Gasteiger partial charge >= 0.3 is 0 Å². The Morgan fingerprint density at radius 3 is 1.43 bits per heavy atom. The molecular formula is C48H39N. The fraction of sp³-hybridized carbons (Fsp3) is 0.167. The number of para-hydroxylation sites is 3. The van der Waals surface area contributed by atoms with Crippen molar-refractivity contribution in [1.29, 1.82) is 0 Å². The number of allylic oxidation sites excluding steroid dienone is 4. The van der Waals surface area contributed by atoms with E-state index in [-0.39, 0.29) is 10.8 Å². The van der Waals surface area contributed by atoms with Gasteiger partial charge in [0.2, 0.25) is 0 Å². The molecule has 7 aromatic carbocycles. The van der Waals surface area contributed by atoms with Gasteiger partial charge in [0.25, 0.3) is 0 Å². The number of hydrogen-bond donors (Lipinski definition) is 0. The van der Waals surface area contributed by atoms with Crippen molar-refractivity contribution in [3.8, 4) is 5.69 Å². The van der Waals surface area contributed by atoms with Gasteiger partial charge in [0, 0.05) is 16.3 Å². The molecule has 0 aliphatic heterocycles. The van der Waals surface area contributed by atoms with Crippen LogP contribution in [-0.4, -0.2) is 4.57 Å². The van der Waals surface area contributed by atoms with Crippen LogP contribution < -0.4 is 0 Å². The molecule has 0 saturated heterocycles. The molecule has 2 aliphatic carbocycles. The Bertz CT molecular complexity index is 2680. The lowest BCUT2D eigenvalue weighted by Crippen LogP contribution is -2.48. The number of aromatic nitrogens is 1. The van der Waals surface area contributed by atoms with E-state index in [1.165, 1.54) is 82.1 Å². The summed E-state index contributed by atoms with van der Waals surface area (Å²) in [4.78, 5) is 0. The van der Waals surface area contributed by atoms with Crippen molar-refractivity contribution in [2.24, 2.45) is 11.8 Å². The number of benzene rings is 7. The van der Waals surface area contributed by atoms with Gasteiger partial charge in [0.1, 0.15) is 0 Å². The lowest BCUT2D eigenvalue weighted by molar-refractivity contribution is 0.191. The van der Waals surface area contributed by atoms with E-state index in [4.69, 9.17) is 0 Å². The minimum Gasteiger partial charge on any atom is -0.309 e. The molecule has 0 amide bonds. The van der Waals surface area contributed by atoms with E-state index >= 15 is 0 Å². The normalized spacial score (nSPS) is 19.4. The second-order valence-electron chi connectivity index (χ2n) is 15.4. The topological polar surface area (TPSA) is 4.93 Å². The molecular weight excluding hydrogens is 591 g/mol. The molecule has 1 heteroatoms. The van der Waals surface area contributed by atoms with Crippen molar-refractivity contribution in [2.75, 3.05) is 0 Å². The van der Waals surface area contributed by atoms with Gasteiger partial charge < -0.3 is 4.57 Å². The highest BCUT2D eigenvalue weighted by Gasteiger charge is 2.50. The number of nitrogens with zero attached hydrogens (tertiary/aromatic N) is 1. The van der Waals surface area contributed by atoms with Gasteiger partial charge in [-0.1, -0.05) is 149 Å².